The molecule has 6 nitrogen and oxygen atoms in total. The Morgan fingerprint density at radius 3 is 2.76 bits per heavy atom. The molecule has 7 heteroatoms. The Bertz CT molecular complexity index is 983. The Morgan fingerprint density at radius 2 is 2.04 bits per heavy atom. The summed E-state index contributed by atoms with van der Waals surface area (Å²) in [5.41, 5.74) is 7.51. The second kappa shape index (κ2) is 6.07. The normalized spacial score (nSPS) is 14.6. The molecule has 0 saturated carbocycles. The molecule has 1 aliphatic rings. The molecule has 0 spiro atoms. The summed E-state index contributed by atoms with van der Waals surface area (Å²) in [6.07, 6.45) is 0.865. The molecule has 0 fully saturated rings. The van der Waals surface area contributed by atoms with Crippen molar-refractivity contribution < 1.29 is 14.3 Å². The van der Waals surface area contributed by atoms with E-state index in [4.69, 9.17) is 15.2 Å². The van der Waals surface area contributed by atoms with E-state index in [-0.39, 0.29) is 11.9 Å². The maximum atomic E-state index is 12.5. The van der Waals surface area contributed by atoms with Gasteiger partial charge in [0.15, 0.2) is 11.5 Å². The molecule has 1 aromatic carbocycles. The number of nitrogen functional groups attached to an aromatic ring is 1. The number of carbonyl (C=O) groups excluding carboxylic acids is 1. The minimum absolute atomic E-state index is 0.102. The van der Waals surface area contributed by atoms with Crippen molar-refractivity contribution in [3.63, 3.8) is 0 Å². The SMILES string of the molecule is CC[C@H](C)NC(=O)c1sc2nc3cc4c(cc3cc2c1N)OCCO4. The summed E-state index contributed by atoms with van der Waals surface area (Å²) in [5, 5.41) is 4.66. The van der Waals surface area contributed by atoms with E-state index in [1.54, 1.807) is 0 Å². The van der Waals surface area contributed by atoms with Gasteiger partial charge in [-0.3, -0.25) is 4.79 Å². The Kier molecular flexibility index (Phi) is 3.88. The summed E-state index contributed by atoms with van der Waals surface area (Å²) in [6, 6.07) is 5.84. The lowest BCUT2D eigenvalue weighted by Gasteiger charge is -2.18. The molecule has 3 heterocycles. The number of amides is 1. The van der Waals surface area contributed by atoms with Crippen molar-refractivity contribution in [2.75, 3.05) is 18.9 Å². The number of nitrogens with zero attached hydrogens (tertiary/aromatic N) is 1. The van der Waals surface area contributed by atoms with Crippen molar-refractivity contribution in [2.45, 2.75) is 26.3 Å². The van der Waals surface area contributed by atoms with E-state index in [0.717, 1.165) is 27.5 Å². The third-order valence-electron chi connectivity index (χ3n) is 4.37. The summed E-state index contributed by atoms with van der Waals surface area (Å²) in [5.74, 6) is 1.26. The molecule has 25 heavy (non-hydrogen) atoms. The van der Waals surface area contributed by atoms with Gasteiger partial charge in [0.1, 0.15) is 22.9 Å². The molecule has 2 aromatic heterocycles. The van der Waals surface area contributed by atoms with Crippen LogP contribution in [0.15, 0.2) is 18.2 Å². The van der Waals surface area contributed by atoms with Gasteiger partial charge in [-0.25, -0.2) is 4.98 Å². The summed E-state index contributed by atoms with van der Waals surface area (Å²) >= 11 is 1.32. The number of ether oxygens (including phenoxy) is 2. The van der Waals surface area contributed by atoms with E-state index < -0.39 is 0 Å². The zero-order valence-corrected chi connectivity index (χ0v) is 14.9. The fraction of sp³-hybridized carbons (Fsp3) is 0.333. The first-order valence-electron chi connectivity index (χ1n) is 8.30. The number of hydrogen-bond acceptors (Lipinski definition) is 6. The number of anilines is 1. The summed E-state index contributed by atoms with van der Waals surface area (Å²) in [6.45, 7) is 5.07. The zero-order chi connectivity index (χ0) is 17.6. The van der Waals surface area contributed by atoms with Crippen molar-refractivity contribution in [2.24, 2.45) is 0 Å². The van der Waals surface area contributed by atoms with Crippen molar-refractivity contribution in [1.82, 2.24) is 10.3 Å². The number of fused-ring (bicyclic) bond motifs is 3. The van der Waals surface area contributed by atoms with Crippen LogP contribution in [0.1, 0.15) is 29.9 Å². The van der Waals surface area contributed by atoms with Crippen molar-refractivity contribution in [1.29, 1.82) is 0 Å². The van der Waals surface area contributed by atoms with Crippen LogP contribution in [0, 0.1) is 0 Å². The van der Waals surface area contributed by atoms with Crippen LogP contribution in [0.4, 0.5) is 5.69 Å². The van der Waals surface area contributed by atoms with Crippen LogP contribution in [-0.2, 0) is 0 Å². The van der Waals surface area contributed by atoms with Gasteiger partial charge in [-0.1, -0.05) is 6.92 Å². The molecule has 3 N–H and O–H groups in total. The maximum absolute atomic E-state index is 12.5. The lowest BCUT2D eigenvalue weighted by Crippen LogP contribution is -2.31. The Hall–Kier alpha value is -2.54. The second-order valence-corrected chi connectivity index (χ2v) is 7.16. The number of thiophene rings is 1. The third-order valence-corrected chi connectivity index (χ3v) is 5.49. The van der Waals surface area contributed by atoms with Gasteiger partial charge in [-0.2, -0.15) is 0 Å². The highest BCUT2D eigenvalue weighted by Gasteiger charge is 2.20. The van der Waals surface area contributed by atoms with E-state index in [1.165, 1.54) is 11.3 Å². The maximum Gasteiger partial charge on any atom is 0.263 e. The van der Waals surface area contributed by atoms with E-state index in [2.05, 4.69) is 10.3 Å². The lowest BCUT2D eigenvalue weighted by atomic mass is 10.1. The van der Waals surface area contributed by atoms with Crippen LogP contribution < -0.4 is 20.5 Å². The van der Waals surface area contributed by atoms with E-state index >= 15 is 0 Å². The predicted molar refractivity (Wildman–Crippen MR) is 99.7 cm³/mol. The van der Waals surface area contributed by atoms with Crippen LogP contribution >= 0.6 is 11.3 Å². The van der Waals surface area contributed by atoms with Crippen LogP contribution in [0.25, 0.3) is 21.1 Å². The number of carbonyl (C=O) groups is 1. The van der Waals surface area contributed by atoms with Crippen LogP contribution in [0.5, 0.6) is 11.5 Å². The first kappa shape index (κ1) is 16.0. The summed E-state index contributed by atoms with van der Waals surface area (Å²) in [4.78, 5) is 18.4. The number of pyridine rings is 1. The van der Waals surface area contributed by atoms with Crippen molar-refractivity contribution in [3.05, 3.63) is 23.1 Å². The minimum atomic E-state index is -0.148. The number of rotatable bonds is 3. The third kappa shape index (κ3) is 2.74. The van der Waals surface area contributed by atoms with E-state index in [0.29, 0.717) is 35.3 Å². The highest BCUT2D eigenvalue weighted by Crippen LogP contribution is 2.38. The number of benzene rings is 1. The first-order valence-corrected chi connectivity index (χ1v) is 9.11. The smallest absolute Gasteiger partial charge is 0.263 e. The number of nitrogens with two attached hydrogens (primary N) is 1. The molecular weight excluding hydrogens is 338 g/mol. The summed E-state index contributed by atoms with van der Waals surface area (Å²) in [7, 11) is 0. The monoisotopic (exact) mass is 357 g/mol. The highest BCUT2D eigenvalue weighted by atomic mass is 32.1. The molecule has 0 saturated heterocycles. The topological polar surface area (TPSA) is 86.5 Å². The lowest BCUT2D eigenvalue weighted by molar-refractivity contribution is 0.0944. The van der Waals surface area contributed by atoms with Crippen LogP contribution in [0.3, 0.4) is 0 Å². The molecule has 1 aliphatic heterocycles. The fourth-order valence-electron chi connectivity index (χ4n) is 2.80. The summed E-state index contributed by atoms with van der Waals surface area (Å²) < 4.78 is 11.2. The van der Waals surface area contributed by atoms with Crippen LogP contribution in [-0.4, -0.2) is 30.1 Å². The molecule has 0 unspecified atom stereocenters. The molecule has 3 aromatic rings. The van der Waals surface area contributed by atoms with Gasteiger partial charge in [0.25, 0.3) is 5.91 Å². The van der Waals surface area contributed by atoms with Gasteiger partial charge in [0.2, 0.25) is 0 Å². The van der Waals surface area contributed by atoms with Gasteiger partial charge < -0.3 is 20.5 Å². The predicted octanol–water partition coefficient (Wildman–Crippen LogP) is 3.33. The zero-order valence-electron chi connectivity index (χ0n) is 14.1. The molecule has 130 valence electrons. The molecule has 1 atom stereocenters. The number of aromatic nitrogens is 1. The Balaban J connectivity index is 1.82. The van der Waals surface area contributed by atoms with Crippen molar-refractivity contribution in [3.8, 4) is 11.5 Å². The van der Waals surface area contributed by atoms with Gasteiger partial charge >= 0.3 is 0 Å². The second-order valence-electron chi connectivity index (χ2n) is 6.16. The molecule has 0 bridgehead atoms. The Morgan fingerprint density at radius 1 is 1.32 bits per heavy atom. The van der Waals surface area contributed by atoms with E-state index in [9.17, 15) is 4.79 Å². The first-order chi connectivity index (χ1) is 12.1. The average Bonchev–Trinajstić information content (AvgIpc) is 2.94. The molecule has 4 rings (SSSR count). The molecule has 1 amide bonds. The Labute approximate surface area is 148 Å². The van der Waals surface area contributed by atoms with Gasteiger partial charge in [0.05, 0.1) is 11.2 Å². The van der Waals surface area contributed by atoms with Gasteiger partial charge in [-0.15, -0.1) is 11.3 Å². The highest BCUT2D eigenvalue weighted by molar-refractivity contribution is 7.21. The largest absolute Gasteiger partial charge is 0.486 e. The number of nitrogens with one attached hydrogen (secondary N) is 1. The fourth-order valence-corrected chi connectivity index (χ4v) is 3.79. The number of hydrogen-bond donors (Lipinski definition) is 2. The van der Waals surface area contributed by atoms with Gasteiger partial charge in [0, 0.05) is 22.9 Å². The van der Waals surface area contributed by atoms with Crippen molar-refractivity contribution >= 4 is 44.1 Å². The van der Waals surface area contributed by atoms with Crippen LogP contribution in [0.2, 0.25) is 0 Å². The molecule has 0 radical (unpaired) electrons. The average molecular weight is 357 g/mol. The molecule has 0 aliphatic carbocycles. The standard InChI is InChI=1S/C18H19N3O3S/c1-3-9(2)20-17(22)16-15(19)11-6-10-7-13-14(24-5-4-23-13)8-12(10)21-18(11)25-16/h6-9H,3-5,19H2,1-2H3,(H,20,22)/t9-/m0/s1. The van der Waals surface area contributed by atoms with E-state index in [1.807, 2.05) is 32.0 Å². The minimum Gasteiger partial charge on any atom is -0.486 e. The van der Waals surface area contributed by atoms with Gasteiger partial charge in [-0.05, 0) is 25.5 Å². The molecular formula is C18H19N3O3S. The quantitative estimate of drug-likeness (QED) is 0.751.